The van der Waals surface area contributed by atoms with E-state index in [1.54, 1.807) is 30.4 Å². The van der Waals surface area contributed by atoms with Gasteiger partial charge < -0.3 is 10.6 Å². The highest BCUT2D eigenvalue weighted by atomic mass is 32.2. The van der Waals surface area contributed by atoms with Crippen LogP contribution in [0.2, 0.25) is 0 Å². The zero-order chi connectivity index (χ0) is 20.0. The van der Waals surface area contributed by atoms with E-state index in [-0.39, 0.29) is 28.4 Å². The van der Waals surface area contributed by atoms with Crippen molar-refractivity contribution >= 4 is 44.6 Å². The van der Waals surface area contributed by atoms with Crippen molar-refractivity contribution in [2.45, 2.75) is 37.6 Å². The second-order valence-corrected chi connectivity index (χ2v) is 8.89. The maximum atomic E-state index is 12.5. The number of aryl methyl sites for hydroxylation is 1. The van der Waals surface area contributed by atoms with Gasteiger partial charge in [-0.25, -0.2) is 8.42 Å². The number of nitrogens with one attached hydrogen (secondary N) is 3. The lowest BCUT2D eigenvalue weighted by Crippen LogP contribution is -2.37. The van der Waals surface area contributed by atoms with E-state index in [1.807, 2.05) is 23.8 Å². The first-order chi connectivity index (χ1) is 12.8. The van der Waals surface area contributed by atoms with Gasteiger partial charge in [0, 0.05) is 7.05 Å². The lowest BCUT2D eigenvalue weighted by atomic mass is 10.1. The highest BCUT2D eigenvalue weighted by Crippen LogP contribution is 2.20. The molecular weight excluding hydrogens is 402 g/mol. The Morgan fingerprint density at radius 3 is 2.63 bits per heavy atom. The second kappa shape index (κ2) is 9.29. The van der Waals surface area contributed by atoms with E-state index >= 15 is 0 Å². The molecule has 3 N–H and O–H groups in total. The van der Waals surface area contributed by atoms with E-state index in [4.69, 9.17) is 12.2 Å². The molecule has 1 heterocycles. The van der Waals surface area contributed by atoms with E-state index in [0.29, 0.717) is 11.1 Å². The van der Waals surface area contributed by atoms with Crippen molar-refractivity contribution in [1.29, 1.82) is 0 Å². The highest BCUT2D eigenvalue weighted by Gasteiger charge is 2.20. The van der Waals surface area contributed by atoms with Crippen LogP contribution in [0.3, 0.4) is 0 Å². The minimum absolute atomic E-state index is 0.0131. The van der Waals surface area contributed by atoms with Crippen molar-refractivity contribution < 1.29 is 13.2 Å². The van der Waals surface area contributed by atoms with Crippen LogP contribution < -0.4 is 15.4 Å². The third-order valence-electron chi connectivity index (χ3n) is 4.05. The molecule has 27 heavy (non-hydrogen) atoms. The van der Waals surface area contributed by atoms with Crippen LogP contribution in [0.1, 0.15) is 36.1 Å². The van der Waals surface area contributed by atoms with Gasteiger partial charge in [0.1, 0.15) is 0 Å². The Labute approximate surface area is 169 Å². The number of carbonyl (C=O) groups is 1. The van der Waals surface area contributed by atoms with Gasteiger partial charge in [0.25, 0.3) is 10.0 Å². The van der Waals surface area contributed by atoms with Gasteiger partial charge in [0.15, 0.2) is 5.11 Å². The lowest BCUT2D eigenvalue weighted by Gasteiger charge is -2.16. The van der Waals surface area contributed by atoms with Gasteiger partial charge in [-0.05, 0) is 65.1 Å². The SMILES string of the molecule is CCC(NC(=O)Cc1ccc(C)c(S(=O)(=O)NC(=S)NC)c1)c1ccsc1. The Kier molecular flexibility index (Phi) is 7.34. The molecule has 146 valence electrons. The quantitative estimate of drug-likeness (QED) is 0.594. The van der Waals surface area contributed by atoms with Gasteiger partial charge in [-0.2, -0.15) is 11.3 Å². The minimum Gasteiger partial charge on any atom is -0.365 e. The summed E-state index contributed by atoms with van der Waals surface area (Å²) in [7, 11) is -2.27. The summed E-state index contributed by atoms with van der Waals surface area (Å²) in [6.45, 7) is 3.71. The Balaban J connectivity index is 2.15. The number of hydrogen-bond acceptors (Lipinski definition) is 5. The molecule has 0 radical (unpaired) electrons. The summed E-state index contributed by atoms with van der Waals surface area (Å²) in [4.78, 5) is 12.6. The monoisotopic (exact) mass is 425 g/mol. The number of carbonyl (C=O) groups excluding carboxylic acids is 1. The van der Waals surface area contributed by atoms with E-state index < -0.39 is 10.0 Å². The first-order valence-electron chi connectivity index (χ1n) is 8.42. The molecule has 1 atom stereocenters. The molecule has 9 heteroatoms. The van der Waals surface area contributed by atoms with Gasteiger partial charge in [-0.15, -0.1) is 0 Å². The first kappa shape index (κ1) is 21.3. The van der Waals surface area contributed by atoms with E-state index in [2.05, 4.69) is 15.4 Å². The van der Waals surface area contributed by atoms with Gasteiger partial charge >= 0.3 is 0 Å². The van der Waals surface area contributed by atoms with E-state index in [1.165, 1.54) is 13.1 Å². The molecule has 1 aromatic carbocycles. The van der Waals surface area contributed by atoms with Gasteiger partial charge in [0.2, 0.25) is 5.91 Å². The number of thiophene rings is 1. The average Bonchev–Trinajstić information content (AvgIpc) is 3.15. The van der Waals surface area contributed by atoms with Crippen LogP contribution >= 0.6 is 23.6 Å². The predicted molar refractivity (Wildman–Crippen MR) is 112 cm³/mol. The molecule has 0 saturated heterocycles. The van der Waals surface area contributed by atoms with Crippen molar-refractivity contribution in [3.8, 4) is 0 Å². The molecule has 6 nitrogen and oxygen atoms in total. The number of thiocarbonyl (C=S) groups is 1. The fourth-order valence-corrected chi connectivity index (χ4v) is 4.90. The van der Waals surface area contributed by atoms with Gasteiger partial charge in [-0.3, -0.25) is 9.52 Å². The molecule has 0 aliphatic rings. The summed E-state index contributed by atoms with van der Waals surface area (Å²) in [6, 6.07) is 6.91. The first-order valence-corrected chi connectivity index (χ1v) is 11.3. The van der Waals surface area contributed by atoms with Crippen molar-refractivity contribution in [3.63, 3.8) is 0 Å². The smallest absolute Gasteiger partial charge is 0.263 e. The van der Waals surface area contributed by atoms with Crippen LogP contribution in [-0.4, -0.2) is 26.5 Å². The van der Waals surface area contributed by atoms with Crippen LogP contribution in [0.5, 0.6) is 0 Å². The fourth-order valence-electron chi connectivity index (χ4n) is 2.60. The standard InChI is InChI=1S/C18H23N3O3S3/c1-4-15(14-7-8-26-11-14)20-17(22)10-13-6-5-12(2)16(9-13)27(23,24)21-18(25)19-3/h5-9,11,15H,4,10H2,1-3H3,(H,20,22)(H2,19,21,25). The summed E-state index contributed by atoms with van der Waals surface area (Å²) in [6.07, 6.45) is 0.876. The maximum absolute atomic E-state index is 12.5. The fraction of sp³-hybridized carbons (Fsp3) is 0.333. The zero-order valence-corrected chi connectivity index (χ0v) is 17.9. The van der Waals surface area contributed by atoms with Crippen molar-refractivity contribution in [3.05, 3.63) is 51.7 Å². The van der Waals surface area contributed by atoms with Crippen molar-refractivity contribution in [1.82, 2.24) is 15.4 Å². The molecule has 0 bridgehead atoms. The molecule has 0 spiro atoms. The molecule has 0 aliphatic heterocycles. The van der Waals surface area contributed by atoms with Crippen LogP contribution in [0.4, 0.5) is 0 Å². The summed E-state index contributed by atoms with van der Waals surface area (Å²) >= 11 is 6.47. The molecule has 1 amide bonds. The van der Waals surface area contributed by atoms with Gasteiger partial charge in [0.05, 0.1) is 17.4 Å². The van der Waals surface area contributed by atoms with E-state index in [9.17, 15) is 13.2 Å². The number of benzene rings is 1. The molecule has 0 saturated carbocycles. The molecule has 1 unspecified atom stereocenters. The Morgan fingerprint density at radius 1 is 1.30 bits per heavy atom. The Morgan fingerprint density at radius 2 is 2.04 bits per heavy atom. The van der Waals surface area contributed by atoms with Crippen molar-refractivity contribution in [2.75, 3.05) is 7.05 Å². The largest absolute Gasteiger partial charge is 0.365 e. The molecule has 1 aromatic heterocycles. The number of rotatable bonds is 7. The molecule has 0 fully saturated rings. The number of sulfonamides is 1. The minimum atomic E-state index is -3.81. The average molecular weight is 426 g/mol. The van der Waals surface area contributed by atoms with Crippen LogP contribution in [0, 0.1) is 6.92 Å². The van der Waals surface area contributed by atoms with Crippen LogP contribution in [0.15, 0.2) is 39.9 Å². The molecule has 0 aliphatic carbocycles. The second-order valence-electron chi connectivity index (χ2n) is 6.05. The molecule has 2 aromatic rings. The maximum Gasteiger partial charge on any atom is 0.263 e. The van der Waals surface area contributed by atoms with Crippen LogP contribution in [-0.2, 0) is 21.2 Å². The number of hydrogen-bond donors (Lipinski definition) is 3. The highest BCUT2D eigenvalue weighted by molar-refractivity contribution is 7.91. The lowest BCUT2D eigenvalue weighted by molar-refractivity contribution is -0.121. The summed E-state index contributed by atoms with van der Waals surface area (Å²) in [5.74, 6) is -0.154. The summed E-state index contributed by atoms with van der Waals surface area (Å²) in [5, 5.41) is 9.58. The van der Waals surface area contributed by atoms with Crippen LogP contribution in [0.25, 0.3) is 0 Å². The summed E-state index contributed by atoms with van der Waals surface area (Å²) in [5.41, 5.74) is 2.28. The zero-order valence-electron chi connectivity index (χ0n) is 15.4. The van der Waals surface area contributed by atoms with Crippen molar-refractivity contribution in [2.24, 2.45) is 0 Å². The third-order valence-corrected chi connectivity index (χ3v) is 6.68. The Hall–Kier alpha value is -1.97. The Bertz CT molecular complexity index is 909. The predicted octanol–water partition coefficient (Wildman–Crippen LogP) is 2.65. The van der Waals surface area contributed by atoms with E-state index in [0.717, 1.165) is 12.0 Å². The van der Waals surface area contributed by atoms with Gasteiger partial charge in [-0.1, -0.05) is 19.1 Å². The molecule has 2 rings (SSSR count). The summed E-state index contributed by atoms with van der Waals surface area (Å²) < 4.78 is 27.3. The topological polar surface area (TPSA) is 87.3 Å². The molecular formula is C18H23N3O3S3. The normalized spacial score (nSPS) is 12.3. The third kappa shape index (κ3) is 5.75. The number of amides is 1.